The van der Waals surface area contributed by atoms with Crippen LogP contribution in [0.1, 0.15) is 18.4 Å². The van der Waals surface area contributed by atoms with Crippen LogP contribution in [0.5, 0.6) is 0 Å². The van der Waals surface area contributed by atoms with Gasteiger partial charge in [-0.25, -0.2) is 0 Å². The van der Waals surface area contributed by atoms with Gasteiger partial charge in [0.05, 0.1) is 4.92 Å². The van der Waals surface area contributed by atoms with E-state index in [4.69, 9.17) is 11.6 Å². The van der Waals surface area contributed by atoms with Crippen LogP contribution in [0.25, 0.3) is 0 Å². The Bertz CT molecular complexity index is 420. The summed E-state index contributed by atoms with van der Waals surface area (Å²) in [5, 5.41) is 10.9. The number of nitro groups is 1. The Balaban J connectivity index is 2.21. The molecule has 5 heteroatoms. The summed E-state index contributed by atoms with van der Waals surface area (Å²) >= 11 is 9.43. The predicted octanol–water partition coefficient (Wildman–Crippen LogP) is 3.92. The van der Waals surface area contributed by atoms with Crippen LogP contribution in [-0.4, -0.2) is 10.3 Å². The zero-order chi connectivity index (χ0) is 11.7. The summed E-state index contributed by atoms with van der Waals surface area (Å²) < 4.78 is 0.723. The summed E-state index contributed by atoms with van der Waals surface area (Å²) in [6.07, 6.45) is 2.88. The van der Waals surface area contributed by atoms with Gasteiger partial charge in [-0.1, -0.05) is 22.0 Å². The van der Waals surface area contributed by atoms with Gasteiger partial charge in [0, 0.05) is 21.5 Å². The number of benzene rings is 1. The van der Waals surface area contributed by atoms with E-state index in [-0.39, 0.29) is 16.0 Å². The second-order valence-electron chi connectivity index (χ2n) is 4.09. The molecule has 2 rings (SSSR count). The van der Waals surface area contributed by atoms with Crippen molar-refractivity contribution in [1.82, 2.24) is 0 Å². The lowest BCUT2D eigenvalue weighted by atomic mass is 10.1. The van der Waals surface area contributed by atoms with Gasteiger partial charge in [0.25, 0.3) is 5.69 Å². The molecule has 0 saturated heterocycles. The number of alkyl halides is 1. The van der Waals surface area contributed by atoms with E-state index in [1.807, 2.05) is 6.07 Å². The Morgan fingerprint density at radius 2 is 2.25 bits per heavy atom. The first-order chi connectivity index (χ1) is 7.58. The van der Waals surface area contributed by atoms with Crippen LogP contribution in [0.15, 0.2) is 22.7 Å². The molecule has 0 spiro atoms. The van der Waals surface area contributed by atoms with Crippen molar-refractivity contribution in [2.24, 2.45) is 5.92 Å². The highest BCUT2D eigenvalue weighted by Crippen LogP contribution is 2.38. The third kappa shape index (κ3) is 2.74. The summed E-state index contributed by atoms with van der Waals surface area (Å²) in [6, 6.07) is 5.13. The van der Waals surface area contributed by atoms with Gasteiger partial charge in [0.15, 0.2) is 0 Å². The zero-order valence-corrected chi connectivity index (χ0v) is 10.9. The van der Waals surface area contributed by atoms with E-state index in [0.717, 1.165) is 22.9 Å². The monoisotopic (exact) mass is 303 g/mol. The maximum Gasteiger partial charge on any atom is 0.273 e. The third-order valence-corrected chi connectivity index (χ3v) is 3.80. The van der Waals surface area contributed by atoms with E-state index in [1.54, 1.807) is 6.07 Å². The number of halogens is 2. The van der Waals surface area contributed by atoms with Crippen molar-refractivity contribution in [2.45, 2.75) is 24.6 Å². The fraction of sp³-hybridized carbons (Fsp3) is 0.455. The first-order valence-electron chi connectivity index (χ1n) is 5.15. The molecule has 1 unspecified atom stereocenters. The lowest BCUT2D eigenvalue weighted by molar-refractivity contribution is -0.385. The summed E-state index contributed by atoms with van der Waals surface area (Å²) in [5.41, 5.74) is 0.876. The van der Waals surface area contributed by atoms with E-state index in [1.165, 1.54) is 6.07 Å². The van der Waals surface area contributed by atoms with Gasteiger partial charge in [-0.2, -0.15) is 0 Å². The second-order valence-corrected chi connectivity index (χ2v) is 5.56. The first-order valence-corrected chi connectivity index (χ1v) is 6.38. The minimum Gasteiger partial charge on any atom is -0.258 e. The van der Waals surface area contributed by atoms with Crippen molar-refractivity contribution in [2.75, 3.05) is 0 Å². The van der Waals surface area contributed by atoms with E-state index in [0.29, 0.717) is 12.3 Å². The summed E-state index contributed by atoms with van der Waals surface area (Å²) in [5.74, 6) is 0.546. The van der Waals surface area contributed by atoms with Gasteiger partial charge in [-0.3, -0.25) is 10.1 Å². The van der Waals surface area contributed by atoms with Crippen LogP contribution in [0, 0.1) is 16.0 Å². The van der Waals surface area contributed by atoms with Crippen molar-refractivity contribution in [1.29, 1.82) is 0 Å². The molecule has 0 aliphatic heterocycles. The summed E-state index contributed by atoms with van der Waals surface area (Å²) in [4.78, 5) is 10.5. The smallest absolute Gasteiger partial charge is 0.258 e. The topological polar surface area (TPSA) is 43.1 Å². The molecule has 0 bridgehead atoms. The quantitative estimate of drug-likeness (QED) is 0.481. The van der Waals surface area contributed by atoms with E-state index in [9.17, 15) is 10.1 Å². The van der Waals surface area contributed by atoms with Gasteiger partial charge >= 0.3 is 0 Å². The fourth-order valence-corrected chi connectivity index (χ4v) is 2.48. The van der Waals surface area contributed by atoms with E-state index >= 15 is 0 Å². The van der Waals surface area contributed by atoms with Crippen molar-refractivity contribution in [3.05, 3.63) is 38.3 Å². The Morgan fingerprint density at radius 3 is 2.81 bits per heavy atom. The lowest BCUT2D eigenvalue weighted by Crippen LogP contribution is -2.07. The van der Waals surface area contributed by atoms with Gasteiger partial charge < -0.3 is 0 Å². The zero-order valence-electron chi connectivity index (χ0n) is 8.53. The number of nitrogens with zero attached hydrogens (tertiary/aromatic N) is 1. The Morgan fingerprint density at radius 1 is 1.56 bits per heavy atom. The lowest BCUT2D eigenvalue weighted by Gasteiger charge is -2.08. The van der Waals surface area contributed by atoms with Crippen LogP contribution >= 0.6 is 27.5 Å². The van der Waals surface area contributed by atoms with E-state index < -0.39 is 0 Å². The van der Waals surface area contributed by atoms with Gasteiger partial charge in [-0.05, 0) is 31.2 Å². The Hall–Kier alpha value is -0.610. The molecular weight excluding hydrogens is 293 g/mol. The molecule has 1 aliphatic rings. The highest BCUT2D eigenvalue weighted by molar-refractivity contribution is 9.10. The molecule has 3 nitrogen and oxygen atoms in total. The molecule has 0 aromatic heterocycles. The molecule has 1 aromatic carbocycles. The average Bonchev–Trinajstić information content (AvgIpc) is 3.03. The average molecular weight is 305 g/mol. The highest BCUT2D eigenvalue weighted by atomic mass is 79.9. The molecule has 1 saturated carbocycles. The van der Waals surface area contributed by atoms with Crippen molar-refractivity contribution >= 4 is 33.2 Å². The SMILES string of the molecule is O=[N+]([O-])c1cc(Br)ccc1CC(Cl)C1CC1. The van der Waals surface area contributed by atoms with Crippen molar-refractivity contribution in [3.8, 4) is 0 Å². The van der Waals surface area contributed by atoms with Crippen LogP contribution in [0.4, 0.5) is 5.69 Å². The molecule has 86 valence electrons. The number of hydrogen-bond donors (Lipinski definition) is 0. The minimum absolute atomic E-state index is 0.0277. The van der Waals surface area contributed by atoms with Crippen LogP contribution < -0.4 is 0 Å². The molecule has 0 radical (unpaired) electrons. The summed E-state index contributed by atoms with van der Waals surface area (Å²) in [6.45, 7) is 0. The highest BCUT2D eigenvalue weighted by Gasteiger charge is 2.31. The molecule has 1 atom stereocenters. The normalized spacial score (nSPS) is 17.1. The fourth-order valence-electron chi connectivity index (χ4n) is 1.71. The van der Waals surface area contributed by atoms with Crippen LogP contribution in [-0.2, 0) is 6.42 Å². The maximum absolute atomic E-state index is 10.9. The first kappa shape index (κ1) is 11.9. The van der Waals surface area contributed by atoms with Gasteiger partial charge in [0.2, 0.25) is 0 Å². The van der Waals surface area contributed by atoms with Gasteiger partial charge in [0.1, 0.15) is 0 Å². The number of hydrogen-bond acceptors (Lipinski definition) is 2. The summed E-state index contributed by atoms with van der Waals surface area (Å²) in [7, 11) is 0. The molecule has 0 amide bonds. The minimum atomic E-state index is -0.351. The molecule has 1 aromatic rings. The number of nitro benzene ring substituents is 1. The molecule has 1 fully saturated rings. The van der Waals surface area contributed by atoms with Crippen LogP contribution in [0.3, 0.4) is 0 Å². The second kappa shape index (κ2) is 4.72. The molecule has 0 N–H and O–H groups in total. The molecule has 16 heavy (non-hydrogen) atoms. The maximum atomic E-state index is 10.9. The predicted molar refractivity (Wildman–Crippen MR) is 66.9 cm³/mol. The van der Waals surface area contributed by atoms with Crippen LogP contribution in [0.2, 0.25) is 0 Å². The molecule has 1 aliphatic carbocycles. The largest absolute Gasteiger partial charge is 0.273 e. The van der Waals surface area contributed by atoms with Crippen molar-refractivity contribution in [3.63, 3.8) is 0 Å². The van der Waals surface area contributed by atoms with Gasteiger partial charge in [-0.15, -0.1) is 11.6 Å². The number of rotatable bonds is 4. The Labute approximate surface area is 107 Å². The van der Waals surface area contributed by atoms with E-state index in [2.05, 4.69) is 15.9 Å². The molecule has 0 heterocycles. The van der Waals surface area contributed by atoms with Crippen molar-refractivity contribution < 1.29 is 4.92 Å². The molecular formula is C11H11BrClNO2. The standard InChI is InChI=1S/C11H11BrClNO2/c12-9-4-3-8(11(6-9)14(15)16)5-10(13)7-1-2-7/h3-4,6-7,10H,1-2,5H2. The Kier molecular flexibility index (Phi) is 3.50. The third-order valence-electron chi connectivity index (χ3n) is 2.79.